The number of amides is 1. The van der Waals surface area contributed by atoms with Crippen molar-refractivity contribution >= 4 is 16.9 Å². The van der Waals surface area contributed by atoms with Crippen LogP contribution in [0.2, 0.25) is 0 Å². The number of hydrogen-bond acceptors (Lipinski definition) is 4. The molecular weight excluding hydrogens is 246 g/mol. The lowest BCUT2D eigenvalue weighted by Gasteiger charge is -2.22. The van der Waals surface area contributed by atoms with E-state index in [0.29, 0.717) is 5.56 Å². The second kappa shape index (κ2) is 5.81. The molecule has 0 aliphatic carbocycles. The van der Waals surface area contributed by atoms with Crippen molar-refractivity contribution in [3.8, 4) is 0 Å². The quantitative estimate of drug-likeness (QED) is 0.797. The molecule has 2 N–H and O–H groups in total. The Bertz CT molecular complexity index is 563. The highest BCUT2D eigenvalue weighted by molar-refractivity contribution is 5.97. The molecule has 1 aromatic carbocycles. The van der Waals surface area contributed by atoms with Gasteiger partial charge in [-0.15, -0.1) is 0 Å². The first-order chi connectivity index (χ1) is 9.15. The summed E-state index contributed by atoms with van der Waals surface area (Å²) < 4.78 is 10.2. The summed E-state index contributed by atoms with van der Waals surface area (Å²) >= 11 is 0. The smallest absolute Gasteiger partial charge is 0.251 e. The number of benzene rings is 1. The van der Waals surface area contributed by atoms with E-state index in [2.05, 4.69) is 15.3 Å². The van der Waals surface area contributed by atoms with E-state index >= 15 is 0 Å². The van der Waals surface area contributed by atoms with Crippen molar-refractivity contribution < 1.29 is 14.3 Å². The number of rotatable bonds is 5. The first-order valence-electron chi connectivity index (χ1n) is 5.95. The number of hydrogen-bond donors (Lipinski definition) is 2. The zero-order chi connectivity index (χ0) is 13.8. The summed E-state index contributed by atoms with van der Waals surface area (Å²) in [6, 6.07) is 5.05. The van der Waals surface area contributed by atoms with Gasteiger partial charge in [-0.1, -0.05) is 0 Å². The number of ether oxygens (including phenoxy) is 2. The molecule has 0 aliphatic rings. The van der Waals surface area contributed by atoms with Crippen LogP contribution in [-0.2, 0) is 9.47 Å². The van der Waals surface area contributed by atoms with Crippen LogP contribution >= 0.6 is 0 Å². The number of carbonyl (C=O) groups is 1. The Balaban J connectivity index is 2.10. The van der Waals surface area contributed by atoms with Crippen LogP contribution in [0.25, 0.3) is 11.0 Å². The first kappa shape index (κ1) is 13.5. The van der Waals surface area contributed by atoms with E-state index in [1.54, 1.807) is 24.5 Å². The van der Waals surface area contributed by atoms with Gasteiger partial charge in [0.2, 0.25) is 0 Å². The average molecular weight is 263 g/mol. The summed E-state index contributed by atoms with van der Waals surface area (Å²) in [6.07, 6.45) is 1.13. The summed E-state index contributed by atoms with van der Waals surface area (Å²) in [5.74, 6) is -0.178. The molecule has 19 heavy (non-hydrogen) atoms. The Morgan fingerprint density at radius 2 is 2.11 bits per heavy atom. The lowest BCUT2D eigenvalue weighted by Crippen LogP contribution is -2.42. The third-order valence-corrected chi connectivity index (χ3v) is 2.91. The molecule has 0 spiro atoms. The first-order valence-corrected chi connectivity index (χ1v) is 5.95. The fraction of sp³-hybridized carbons (Fsp3) is 0.385. The molecule has 0 saturated heterocycles. The summed E-state index contributed by atoms with van der Waals surface area (Å²) in [6.45, 7) is 1.82. The number of carbonyl (C=O) groups excluding carboxylic acids is 1. The minimum Gasteiger partial charge on any atom is -0.354 e. The number of H-pyrrole nitrogens is 1. The van der Waals surface area contributed by atoms with Gasteiger partial charge in [-0.05, 0) is 25.1 Å². The zero-order valence-corrected chi connectivity index (χ0v) is 11.1. The van der Waals surface area contributed by atoms with Crippen molar-refractivity contribution in [3.05, 3.63) is 30.1 Å². The van der Waals surface area contributed by atoms with Crippen LogP contribution in [0.5, 0.6) is 0 Å². The van der Waals surface area contributed by atoms with Gasteiger partial charge in [0.1, 0.15) is 0 Å². The topological polar surface area (TPSA) is 76.2 Å². The molecule has 6 heteroatoms. The Kier molecular flexibility index (Phi) is 4.13. The number of nitrogens with one attached hydrogen (secondary N) is 2. The van der Waals surface area contributed by atoms with E-state index in [1.807, 2.05) is 6.92 Å². The Labute approximate surface area is 111 Å². The molecule has 0 radical (unpaired) electrons. The molecule has 1 atom stereocenters. The monoisotopic (exact) mass is 263 g/mol. The van der Waals surface area contributed by atoms with E-state index in [9.17, 15) is 4.79 Å². The average Bonchev–Trinajstić information content (AvgIpc) is 2.87. The maximum Gasteiger partial charge on any atom is 0.251 e. The van der Waals surface area contributed by atoms with Crippen LogP contribution in [-0.4, -0.2) is 42.4 Å². The SMILES string of the molecule is COC(OC)C(C)NC(=O)c1ccc2nc[nH]c2c1. The van der Waals surface area contributed by atoms with Crippen molar-refractivity contribution in [2.24, 2.45) is 0 Å². The molecule has 0 fully saturated rings. The van der Waals surface area contributed by atoms with E-state index < -0.39 is 6.29 Å². The van der Waals surface area contributed by atoms with Gasteiger partial charge in [-0.2, -0.15) is 0 Å². The van der Waals surface area contributed by atoms with Crippen LogP contribution in [0.3, 0.4) is 0 Å². The van der Waals surface area contributed by atoms with Crippen molar-refractivity contribution in [2.45, 2.75) is 19.3 Å². The summed E-state index contributed by atoms with van der Waals surface area (Å²) in [4.78, 5) is 19.2. The van der Waals surface area contributed by atoms with Crippen LogP contribution in [0.4, 0.5) is 0 Å². The largest absolute Gasteiger partial charge is 0.354 e. The molecule has 0 aliphatic heterocycles. The van der Waals surface area contributed by atoms with Crippen molar-refractivity contribution in [1.29, 1.82) is 0 Å². The van der Waals surface area contributed by atoms with E-state index in [0.717, 1.165) is 11.0 Å². The predicted molar refractivity (Wildman–Crippen MR) is 70.8 cm³/mol. The van der Waals surface area contributed by atoms with Gasteiger partial charge in [-0.25, -0.2) is 4.98 Å². The van der Waals surface area contributed by atoms with Crippen molar-refractivity contribution in [3.63, 3.8) is 0 Å². The molecule has 102 valence electrons. The zero-order valence-electron chi connectivity index (χ0n) is 11.1. The summed E-state index contributed by atoms with van der Waals surface area (Å²) in [7, 11) is 3.07. The number of nitrogens with zero attached hydrogens (tertiary/aromatic N) is 1. The van der Waals surface area contributed by atoms with Gasteiger partial charge < -0.3 is 19.8 Å². The molecule has 0 bridgehead atoms. The maximum atomic E-state index is 12.1. The minimum atomic E-state index is -0.472. The molecule has 2 aromatic rings. The van der Waals surface area contributed by atoms with Crippen LogP contribution in [0.15, 0.2) is 24.5 Å². The molecule has 1 heterocycles. The van der Waals surface area contributed by atoms with E-state index in [-0.39, 0.29) is 11.9 Å². The van der Waals surface area contributed by atoms with Gasteiger partial charge in [0.05, 0.1) is 23.4 Å². The molecule has 2 rings (SSSR count). The molecule has 0 saturated carbocycles. The second-order valence-corrected chi connectivity index (χ2v) is 4.24. The van der Waals surface area contributed by atoms with E-state index in [1.165, 1.54) is 14.2 Å². The standard InChI is InChI=1S/C13H17N3O3/c1-8(13(18-2)19-3)16-12(17)9-4-5-10-11(6-9)15-7-14-10/h4-8,13H,1-3H3,(H,14,15)(H,16,17). The fourth-order valence-electron chi connectivity index (χ4n) is 1.94. The maximum absolute atomic E-state index is 12.1. The van der Waals surface area contributed by atoms with Gasteiger partial charge in [0.25, 0.3) is 5.91 Å². The lowest BCUT2D eigenvalue weighted by molar-refractivity contribution is -0.117. The minimum absolute atomic E-state index is 0.178. The number of methoxy groups -OCH3 is 2. The molecule has 6 nitrogen and oxygen atoms in total. The lowest BCUT2D eigenvalue weighted by atomic mass is 10.1. The van der Waals surface area contributed by atoms with Gasteiger partial charge >= 0.3 is 0 Å². The summed E-state index contributed by atoms with van der Waals surface area (Å²) in [5.41, 5.74) is 2.22. The summed E-state index contributed by atoms with van der Waals surface area (Å²) in [5, 5.41) is 2.83. The van der Waals surface area contributed by atoms with Gasteiger partial charge in [0, 0.05) is 19.8 Å². The third-order valence-electron chi connectivity index (χ3n) is 2.91. The normalized spacial score (nSPS) is 12.8. The van der Waals surface area contributed by atoms with E-state index in [4.69, 9.17) is 9.47 Å². The number of fused-ring (bicyclic) bond motifs is 1. The number of aromatic nitrogens is 2. The highest BCUT2D eigenvalue weighted by Crippen LogP contribution is 2.12. The Morgan fingerprint density at radius 1 is 1.37 bits per heavy atom. The molecule has 1 aromatic heterocycles. The highest BCUT2D eigenvalue weighted by atomic mass is 16.7. The Hall–Kier alpha value is -1.92. The number of aromatic amines is 1. The van der Waals surface area contributed by atoms with Gasteiger partial charge in [-0.3, -0.25) is 4.79 Å². The predicted octanol–water partition coefficient (Wildman–Crippen LogP) is 1.30. The molecule has 1 amide bonds. The second-order valence-electron chi connectivity index (χ2n) is 4.24. The van der Waals surface area contributed by atoms with Crippen molar-refractivity contribution in [2.75, 3.05) is 14.2 Å². The van der Waals surface area contributed by atoms with Crippen LogP contribution in [0, 0.1) is 0 Å². The van der Waals surface area contributed by atoms with Gasteiger partial charge in [0.15, 0.2) is 6.29 Å². The molecule has 1 unspecified atom stereocenters. The fourth-order valence-corrected chi connectivity index (χ4v) is 1.94. The number of imidazole rings is 1. The third kappa shape index (κ3) is 2.91. The van der Waals surface area contributed by atoms with Crippen molar-refractivity contribution in [1.82, 2.24) is 15.3 Å². The Morgan fingerprint density at radius 3 is 2.79 bits per heavy atom. The van der Waals surface area contributed by atoms with Crippen LogP contribution in [0.1, 0.15) is 17.3 Å². The van der Waals surface area contributed by atoms with Crippen LogP contribution < -0.4 is 5.32 Å². The highest BCUT2D eigenvalue weighted by Gasteiger charge is 2.18. The molecular formula is C13H17N3O3.